The molecule has 0 unspecified atom stereocenters. The lowest BCUT2D eigenvalue weighted by molar-refractivity contribution is 0.0521. The lowest BCUT2D eigenvalue weighted by Crippen LogP contribution is -2.06. The number of para-hydroxylation sites is 1. The number of esters is 2. The van der Waals surface area contributed by atoms with Gasteiger partial charge in [-0.15, -0.1) is 0 Å². The van der Waals surface area contributed by atoms with E-state index in [1.165, 1.54) is 14.2 Å². The topological polar surface area (TPSA) is 71.1 Å². The van der Waals surface area contributed by atoms with Crippen molar-refractivity contribution in [3.63, 3.8) is 0 Å². The molecular weight excluding hydrogens is 324 g/mol. The van der Waals surface area contributed by atoms with Crippen LogP contribution in [0.15, 0.2) is 48.5 Å². The molecule has 0 radical (unpaired) electrons. The van der Waals surface area contributed by atoms with Crippen molar-refractivity contribution in [1.29, 1.82) is 0 Å². The van der Waals surface area contributed by atoms with Gasteiger partial charge < -0.3 is 18.9 Å². The van der Waals surface area contributed by atoms with Crippen molar-refractivity contribution in [3.8, 4) is 11.5 Å². The van der Waals surface area contributed by atoms with Crippen molar-refractivity contribution in [2.24, 2.45) is 0 Å². The highest BCUT2D eigenvalue weighted by Crippen LogP contribution is 2.17. The van der Waals surface area contributed by atoms with E-state index in [2.05, 4.69) is 4.74 Å². The normalized spacial score (nSPS) is 9.28. The summed E-state index contributed by atoms with van der Waals surface area (Å²) in [6, 6.07) is 13.7. The Morgan fingerprint density at radius 2 is 1.48 bits per heavy atom. The van der Waals surface area contributed by atoms with Crippen LogP contribution < -0.4 is 9.47 Å². The smallest absolute Gasteiger partial charge is 0.341 e. The first kappa shape index (κ1) is 20.0. The second-order valence-electron chi connectivity index (χ2n) is 4.64. The summed E-state index contributed by atoms with van der Waals surface area (Å²) in [7, 11) is 4.46. The summed E-state index contributed by atoms with van der Waals surface area (Å²) in [4.78, 5) is 22.3. The molecule has 0 spiro atoms. The highest BCUT2D eigenvalue weighted by Gasteiger charge is 2.11. The minimum Gasteiger partial charge on any atom is -0.497 e. The van der Waals surface area contributed by atoms with E-state index in [4.69, 9.17) is 14.2 Å². The Morgan fingerprint density at radius 1 is 0.840 bits per heavy atom. The van der Waals surface area contributed by atoms with Gasteiger partial charge in [0, 0.05) is 0 Å². The second-order valence-corrected chi connectivity index (χ2v) is 4.64. The number of methoxy groups -OCH3 is 3. The standard InChI is InChI=1S/C10H12O3.C9H10O3/c1-3-13-10(11)8-6-4-5-7-9(8)12-2;1-11-8-5-3-7(4-6-8)9(10)12-2/h4-7H,3H2,1-2H3;3-6H,1-2H3. The third-order valence-corrected chi connectivity index (χ3v) is 3.11. The fourth-order valence-electron chi connectivity index (χ4n) is 1.87. The lowest BCUT2D eigenvalue weighted by atomic mass is 10.2. The van der Waals surface area contributed by atoms with Crippen molar-refractivity contribution < 1.29 is 28.5 Å². The molecule has 25 heavy (non-hydrogen) atoms. The Labute approximate surface area is 147 Å². The maximum atomic E-state index is 11.3. The van der Waals surface area contributed by atoms with Crippen LogP contribution in [0, 0.1) is 0 Å². The van der Waals surface area contributed by atoms with Crippen LogP contribution in [0.2, 0.25) is 0 Å². The predicted octanol–water partition coefficient (Wildman–Crippen LogP) is 3.35. The molecule has 0 aliphatic rings. The zero-order valence-electron chi connectivity index (χ0n) is 14.8. The van der Waals surface area contributed by atoms with Gasteiger partial charge in [0.15, 0.2) is 0 Å². The van der Waals surface area contributed by atoms with Gasteiger partial charge in [-0.3, -0.25) is 0 Å². The third-order valence-electron chi connectivity index (χ3n) is 3.11. The van der Waals surface area contributed by atoms with Crippen LogP contribution in [-0.2, 0) is 9.47 Å². The summed E-state index contributed by atoms with van der Waals surface area (Å²) >= 11 is 0. The summed E-state index contributed by atoms with van der Waals surface area (Å²) in [6.45, 7) is 2.14. The highest BCUT2D eigenvalue weighted by molar-refractivity contribution is 5.92. The summed E-state index contributed by atoms with van der Waals surface area (Å²) in [5, 5.41) is 0. The van der Waals surface area contributed by atoms with Gasteiger partial charge in [0.2, 0.25) is 0 Å². The third kappa shape index (κ3) is 6.18. The Balaban J connectivity index is 0.000000251. The Morgan fingerprint density at radius 3 is 2.00 bits per heavy atom. The molecule has 2 aromatic carbocycles. The quantitative estimate of drug-likeness (QED) is 0.773. The van der Waals surface area contributed by atoms with E-state index < -0.39 is 0 Å². The zero-order chi connectivity index (χ0) is 18.7. The first-order valence-electron chi connectivity index (χ1n) is 7.59. The molecule has 0 aromatic heterocycles. The van der Waals surface area contributed by atoms with Gasteiger partial charge in [0.05, 0.1) is 33.5 Å². The van der Waals surface area contributed by atoms with E-state index in [-0.39, 0.29) is 11.9 Å². The van der Waals surface area contributed by atoms with Crippen molar-refractivity contribution >= 4 is 11.9 Å². The van der Waals surface area contributed by atoms with Gasteiger partial charge in [-0.25, -0.2) is 9.59 Å². The van der Waals surface area contributed by atoms with Crippen molar-refractivity contribution in [2.75, 3.05) is 27.9 Å². The fourth-order valence-corrected chi connectivity index (χ4v) is 1.87. The van der Waals surface area contributed by atoms with E-state index in [1.54, 1.807) is 56.5 Å². The van der Waals surface area contributed by atoms with Crippen LogP contribution in [0.4, 0.5) is 0 Å². The van der Waals surface area contributed by atoms with Crippen molar-refractivity contribution in [3.05, 3.63) is 59.7 Å². The highest BCUT2D eigenvalue weighted by atomic mass is 16.5. The van der Waals surface area contributed by atoms with Crippen molar-refractivity contribution in [1.82, 2.24) is 0 Å². The number of rotatable bonds is 5. The minimum absolute atomic E-state index is 0.336. The molecule has 2 aromatic rings. The molecule has 0 saturated heterocycles. The first-order valence-corrected chi connectivity index (χ1v) is 7.59. The van der Waals surface area contributed by atoms with Crippen LogP contribution in [-0.4, -0.2) is 39.9 Å². The first-order chi connectivity index (χ1) is 12.1. The minimum atomic E-state index is -0.347. The largest absolute Gasteiger partial charge is 0.497 e. The van der Waals surface area contributed by atoms with Crippen LogP contribution in [0.1, 0.15) is 27.6 Å². The van der Waals surface area contributed by atoms with Crippen LogP contribution >= 0.6 is 0 Å². The molecule has 0 saturated carbocycles. The monoisotopic (exact) mass is 346 g/mol. The number of benzene rings is 2. The number of carbonyl (C=O) groups is 2. The maximum absolute atomic E-state index is 11.3. The SMILES string of the molecule is CCOC(=O)c1ccccc1OC.COC(=O)c1ccc(OC)cc1. The Kier molecular flexibility index (Phi) is 8.57. The molecule has 6 heteroatoms. The van der Waals surface area contributed by atoms with Crippen LogP contribution in [0.25, 0.3) is 0 Å². The molecule has 0 fully saturated rings. The average Bonchev–Trinajstić information content (AvgIpc) is 2.68. The number of hydrogen-bond acceptors (Lipinski definition) is 6. The van der Waals surface area contributed by atoms with Gasteiger partial charge in [-0.2, -0.15) is 0 Å². The van der Waals surface area contributed by atoms with Gasteiger partial charge in [-0.05, 0) is 43.3 Å². The molecule has 0 N–H and O–H groups in total. The molecule has 2 rings (SSSR count). The van der Waals surface area contributed by atoms with Crippen LogP contribution in [0.3, 0.4) is 0 Å². The van der Waals surface area contributed by atoms with E-state index in [0.717, 1.165) is 5.75 Å². The molecular formula is C19H22O6. The molecule has 0 amide bonds. The number of ether oxygens (including phenoxy) is 4. The van der Waals surface area contributed by atoms with E-state index in [0.29, 0.717) is 23.5 Å². The zero-order valence-corrected chi connectivity index (χ0v) is 14.8. The van der Waals surface area contributed by atoms with E-state index >= 15 is 0 Å². The molecule has 0 aliphatic carbocycles. The van der Waals surface area contributed by atoms with Crippen LogP contribution in [0.5, 0.6) is 11.5 Å². The molecule has 6 nitrogen and oxygen atoms in total. The van der Waals surface area contributed by atoms with Gasteiger partial charge >= 0.3 is 11.9 Å². The molecule has 0 atom stereocenters. The Bertz CT molecular complexity index is 679. The average molecular weight is 346 g/mol. The molecule has 0 bridgehead atoms. The predicted molar refractivity (Wildman–Crippen MR) is 93.3 cm³/mol. The van der Waals surface area contributed by atoms with Gasteiger partial charge in [0.25, 0.3) is 0 Å². The summed E-state index contributed by atoms with van der Waals surface area (Å²) in [5.74, 6) is 0.584. The number of hydrogen-bond donors (Lipinski definition) is 0. The lowest BCUT2D eigenvalue weighted by Gasteiger charge is -2.06. The molecule has 0 aliphatic heterocycles. The van der Waals surface area contributed by atoms with Gasteiger partial charge in [0.1, 0.15) is 17.1 Å². The Hall–Kier alpha value is -3.02. The summed E-state index contributed by atoms with van der Waals surface area (Å²) in [6.07, 6.45) is 0. The maximum Gasteiger partial charge on any atom is 0.341 e. The van der Waals surface area contributed by atoms with Crippen molar-refractivity contribution in [2.45, 2.75) is 6.92 Å². The van der Waals surface area contributed by atoms with E-state index in [9.17, 15) is 9.59 Å². The summed E-state index contributed by atoms with van der Waals surface area (Å²) in [5.41, 5.74) is 0.991. The molecule has 134 valence electrons. The van der Waals surface area contributed by atoms with Gasteiger partial charge in [-0.1, -0.05) is 12.1 Å². The van der Waals surface area contributed by atoms with E-state index in [1.807, 2.05) is 6.07 Å². The second kappa shape index (κ2) is 10.7. The summed E-state index contributed by atoms with van der Waals surface area (Å²) < 4.78 is 19.3. The number of carbonyl (C=O) groups excluding carboxylic acids is 2. The fraction of sp³-hybridized carbons (Fsp3) is 0.263. The molecule has 0 heterocycles.